The summed E-state index contributed by atoms with van der Waals surface area (Å²) >= 11 is 0. The first-order chi connectivity index (χ1) is 21.3. The summed E-state index contributed by atoms with van der Waals surface area (Å²) in [6, 6.07) is 41.3. The first kappa shape index (κ1) is 27.9. The molecule has 4 fully saturated rings. The molecule has 2 heterocycles. The number of hydrogen-bond donors (Lipinski definition) is 1. The van der Waals surface area contributed by atoms with Crippen molar-refractivity contribution in [1.82, 2.24) is 4.57 Å². The summed E-state index contributed by atoms with van der Waals surface area (Å²) in [7, 11) is -0.413. The van der Waals surface area contributed by atoms with Crippen LogP contribution in [0.5, 0.6) is 0 Å². The molecule has 222 valence electrons. The highest BCUT2D eigenvalue weighted by atomic mass is 16.7. The van der Waals surface area contributed by atoms with Gasteiger partial charge in [-0.15, -0.1) is 0 Å². The monoisotopic (exact) mass is 580 g/mol. The van der Waals surface area contributed by atoms with Gasteiger partial charge in [-0.3, -0.25) is 0 Å². The number of nitrogens with zero attached hydrogens (tertiary/aromatic N) is 1. The van der Waals surface area contributed by atoms with Crippen LogP contribution >= 0.6 is 0 Å². The maximum atomic E-state index is 7.03. The Labute approximate surface area is 261 Å². The minimum atomic E-state index is -0.596. The SMILES string of the molecule is CC1(C)[C@@H]2C[C@H]3OB([C@@H](N)Cc4cn(C(c5ccccc5)(c5ccccc5)c5ccccc5)c5ccccc45)O[C@@]3(C)[C@H]1C2. The van der Waals surface area contributed by atoms with Crippen molar-refractivity contribution in [3.05, 3.63) is 144 Å². The average Bonchev–Trinajstić information content (AvgIpc) is 3.61. The maximum absolute atomic E-state index is 7.03. The molecule has 0 spiro atoms. The molecule has 5 atom stereocenters. The van der Waals surface area contributed by atoms with Gasteiger partial charge in [0, 0.05) is 23.0 Å². The first-order valence-corrected chi connectivity index (χ1v) is 16.2. The summed E-state index contributed by atoms with van der Waals surface area (Å²) in [6.45, 7) is 7.07. The molecule has 4 aliphatic rings. The van der Waals surface area contributed by atoms with E-state index < -0.39 is 12.7 Å². The lowest BCUT2D eigenvalue weighted by Gasteiger charge is -2.64. The largest absolute Gasteiger partial charge is 0.475 e. The molecule has 1 aromatic heterocycles. The van der Waals surface area contributed by atoms with Gasteiger partial charge in [0.1, 0.15) is 5.54 Å². The second-order valence-electron chi connectivity index (χ2n) is 14.1. The predicted molar refractivity (Wildman–Crippen MR) is 178 cm³/mol. The van der Waals surface area contributed by atoms with Crippen molar-refractivity contribution >= 4 is 18.0 Å². The Morgan fingerprint density at radius 3 is 1.91 bits per heavy atom. The third-order valence-electron chi connectivity index (χ3n) is 11.5. The van der Waals surface area contributed by atoms with Gasteiger partial charge in [0.2, 0.25) is 0 Å². The van der Waals surface area contributed by atoms with Gasteiger partial charge in [-0.2, -0.15) is 0 Å². The number of hydrogen-bond acceptors (Lipinski definition) is 3. The molecule has 9 rings (SSSR count). The third-order valence-corrected chi connectivity index (χ3v) is 11.5. The van der Waals surface area contributed by atoms with E-state index >= 15 is 0 Å². The summed E-state index contributed by atoms with van der Waals surface area (Å²) < 4.78 is 15.9. The van der Waals surface area contributed by atoms with Crippen LogP contribution in [0.1, 0.15) is 55.9 Å². The van der Waals surface area contributed by atoms with Gasteiger partial charge < -0.3 is 19.6 Å². The number of aromatic nitrogens is 1. The van der Waals surface area contributed by atoms with Crippen molar-refractivity contribution in [3.63, 3.8) is 0 Å². The van der Waals surface area contributed by atoms with Crippen LogP contribution in [0, 0.1) is 17.3 Å². The molecule has 2 N–H and O–H groups in total. The third kappa shape index (κ3) is 3.96. The Morgan fingerprint density at radius 2 is 1.34 bits per heavy atom. The lowest BCUT2D eigenvalue weighted by atomic mass is 9.43. The molecule has 0 unspecified atom stereocenters. The Bertz CT molecular complexity index is 1690. The summed E-state index contributed by atoms with van der Waals surface area (Å²) in [6.07, 6.45) is 5.42. The molecule has 2 bridgehead atoms. The second kappa shape index (κ2) is 10.2. The van der Waals surface area contributed by atoms with Crippen molar-refractivity contribution in [3.8, 4) is 0 Å². The molecule has 5 heteroatoms. The van der Waals surface area contributed by atoms with Gasteiger partial charge in [0.15, 0.2) is 0 Å². The van der Waals surface area contributed by atoms with Gasteiger partial charge in [-0.25, -0.2) is 0 Å². The van der Waals surface area contributed by atoms with Gasteiger partial charge in [0.05, 0.1) is 11.7 Å². The normalized spacial score (nSPS) is 26.3. The molecule has 4 aromatic carbocycles. The molecule has 0 radical (unpaired) electrons. The zero-order valence-corrected chi connectivity index (χ0v) is 25.9. The van der Waals surface area contributed by atoms with Gasteiger partial charge >= 0.3 is 7.12 Å². The minimum absolute atomic E-state index is 0.124. The highest BCUT2D eigenvalue weighted by Gasteiger charge is 2.68. The van der Waals surface area contributed by atoms with Crippen LogP contribution in [-0.2, 0) is 21.3 Å². The van der Waals surface area contributed by atoms with Crippen LogP contribution in [-0.4, -0.2) is 29.3 Å². The number of fused-ring (bicyclic) bond motifs is 1. The number of nitrogens with two attached hydrogens (primary N) is 1. The topological polar surface area (TPSA) is 49.4 Å². The number of para-hydroxylation sites is 1. The van der Waals surface area contributed by atoms with E-state index in [4.69, 9.17) is 15.0 Å². The molecular formula is C39H41BN2O2. The average molecular weight is 581 g/mol. The molecule has 0 amide bonds. The number of rotatable bonds is 7. The van der Waals surface area contributed by atoms with E-state index in [-0.39, 0.29) is 17.6 Å². The molecule has 5 aromatic rings. The van der Waals surface area contributed by atoms with Gasteiger partial charge in [-0.1, -0.05) is 123 Å². The fourth-order valence-corrected chi connectivity index (χ4v) is 9.08. The molecule has 3 saturated carbocycles. The second-order valence-corrected chi connectivity index (χ2v) is 14.1. The van der Waals surface area contributed by atoms with Crippen molar-refractivity contribution in [2.24, 2.45) is 23.0 Å². The zero-order chi connectivity index (χ0) is 30.1. The molecule has 3 aliphatic carbocycles. The van der Waals surface area contributed by atoms with Crippen LogP contribution in [0.2, 0.25) is 0 Å². The lowest BCUT2D eigenvalue weighted by molar-refractivity contribution is -0.199. The van der Waals surface area contributed by atoms with Crippen molar-refractivity contribution in [1.29, 1.82) is 0 Å². The van der Waals surface area contributed by atoms with Crippen LogP contribution in [0.3, 0.4) is 0 Å². The zero-order valence-electron chi connectivity index (χ0n) is 25.9. The van der Waals surface area contributed by atoms with E-state index in [1.807, 2.05) is 0 Å². The van der Waals surface area contributed by atoms with E-state index in [1.165, 1.54) is 39.6 Å². The Balaban J connectivity index is 1.24. The summed E-state index contributed by atoms with van der Waals surface area (Å²) in [5, 5.41) is 1.21. The summed E-state index contributed by atoms with van der Waals surface area (Å²) in [5.41, 5.74) is 12.5. The smallest absolute Gasteiger partial charge is 0.404 e. The molecular weight excluding hydrogens is 539 g/mol. The molecule has 44 heavy (non-hydrogen) atoms. The fourth-order valence-electron chi connectivity index (χ4n) is 9.08. The predicted octanol–water partition coefficient (Wildman–Crippen LogP) is 7.62. The Morgan fingerprint density at radius 1 is 0.795 bits per heavy atom. The minimum Gasteiger partial charge on any atom is -0.404 e. The lowest BCUT2D eigenvalue weighted by Crippen LogP contribution is -2.65. The van der Waals surface area contributed by atoms with Crippen molar-refractivity contribution in [2.75, 3.05) is 0 Å². The molecule has 4 nitrogen and oxygen atoms in total. The number of benzene rings is 4. The van der Waals surface area contributed by atoms with Crippen LogP contribution in [0.4, 0.5) is 0 Å². The van der Waals surface area contributed by atoms with E-state index in [1.54, 1.807) is 0 Å². The Hall–Kier alpha value is -3.64. The van der Waals surface area contributed by atoms with E-state index in [2.05, 4.69) is 147 Å². The van der Waals surface area contributed by atoms with Crippen LogP contribution in [0.25, 0.3) is 10.9 Å². The van der Waals surface area contributed by atoms with Crippen molar-refractivity contribution in [2.45, 2.75) is 63.2 Å². The summed E-state index contributed by atoms with van der Waals surface area (Å²) in [5.74, 6) is 0.946. The van der Waals surface area contributed by atoms with Crippen LogP contribution in [0.15, 0.2) is 121 Å². The molecule has 1 saturated heterocycles. The summed E-state index contributed by atoms with van der Waals surface area (Å²) in [4.78, 5) is 0. The quantitative estimate of drug-likeness (QED) is 0.159. The molecule has 1 aliphatic heterocycles. The standard InChI is InChI=1S/C39H41BN2O2/c1-37(2)31-24-34(37)38(3)35(25-31)43-40(44-38)36(41)23-27-26-42(33-22-14-13-21-32(27)33)39(28-15-7-4-8-16-28,29-17-9-5-10-18-29)30-19-11-6-12-20-30/h4-22,26,31,34-36H,23-25,41H2,1-3H3/t31-,34-,35+,36-,38-/m0/s1. The fraction of sp³-hybridized carbons (Fsp3) is 0.333. The first-order valence-electron chi connectivity index (χ1n) is 16.2. The highest BCUT2D eigenvalue weighted by molar-refractivity contribution is 6.47. The van der Waals surface area contributed by atoms with Crippen LogP contribution < -0.4 is 5.73 Å². The highest BCUT2D eigenvalue weighted by Crippen LogP contribution is 2.65. The van der Waals surface area contributed by atoms with E-state index in [0.717, 1.165) is 6.42 Å². The van der Waals surface area contributed by atoms with E-state index in [9.17, 15) is 0 Å². The van der Waals surface area contributed by atoms with Crippen molar-refractivity contribution < 1.29 is 9.31 Å². The van der Waals surface area contributed by atoms with Gasteiger partial charge in [-0.05, 0) is 71.8 Å². The Kier molecular flexibility index (Phi) is 6.46. The van der Waals surface area contributed by atoms with E-state index in [0.29, 0.717) is 23.7 Å². The maximum Gasteiger partial charge on any atom is 0.475 e. The van der Waals surface area contributed by atoms with Gasteiger partial charge in [0.25, 0.3) is 0 Å².